The first kappa shape index (κ1) is 14.7. The number of aliphatic imine (C=N–C) groups is 1. The van der Waals surface area contributed by atoms with E-state index >= 15 is 0 Å². The summed E-state index contributed by atoms with van der Waals surface area (Å²) < 4.78 is 0. The third-order valence-electron chi connectivity index (χ3n) is 3.54. The number of benzene rings is 2. The summed E-state index contributed by atoms with van der Waals surface area (Å²) in [4.78, 5) is 4.67. The average Bonchev–Trinajstić information content (AvgIpc) is 2.72. The van der Waals surface area contributed by atoms with Gasteiger partial charge in [-0.05, 0) is 36.8 Å². The Hall–Kier alpha value is -2.26. The van der Waals surface area contributed by atoms with Gasteiger partial charge in [0, 0.05) is 22.3 Å². The van der Waals surface area contributed by atoms with Gasteiger partial charge in [0.2, 0.25) is 0 Å². The zero-order valence-electron chi connectivity index (χ0n) is 12.3. The van der Waals surface area contributed by atoms with E-state index in [2.05, 4.69) is 17.2 Å². The Balaban J connectivity index is 2.07. The third-order valence-corrected chi connectivity index (χ3v) is 3.77. The van der Waals surface area contributed by atoms with Crippen LogP contribution in [0, 0.1) is 0 Å². The molecule has 1 heterocycles. The monoisotopic (exact) mass is 312 g/mol. The number of phenolic OH excluding ortho intramolecular Hbond substituents is 1. The van der Waals surface area contributed by atoms with Gasteiger partial charge in [-0.25, -0.2) is 0 Å². The molecule has 4 heteroatoms. The molecular weight excluding hydrogens is 296 g/mol. The maximum atomic E-state index is 10.1. The van der Waals surface area contributed by atoms with Gasteiger partial charge in [-0.3, -0.25) is 4.99 Å². The van der Waals surface area contributed by atoms with Crippen LogP contribution in [-0.2, 0) is 0 Å². The highest BCUT2D eigenvalue weighted by Crippen LogP contribution is 2.28. The molecule has 22 heavy (non-hydrogen) atoms. The fourth-order valence-electron chi connectivity index (χ4n) is 2.43. The van der Waals surface area contributed by atoms with E-state index in [0.29, 0.717) is 17.1 Å². The van der Waals surface area contributed by atoms with E-state index in [9.17, 15) is 5.11 Å². The predicted molar refractivity (Wildman–Crippen MR) is 91.5 cm³/mol. The van der Waals surface area contributed by atoms with Crippen molar-refractivity contribution < 1.29 is 5.11 Å². The lowest BCUT2D eigenvalue weighted by atomic mass is 10.1. The van der Waals surface area contributed by atoms with Crippen molar-refractivity contribution >= 4 is 23.0 Å². The first-order valence-electron chi connectivity index (χ1n) is 7.20. The van der Waals surface area contributed by atoms with Gasteiger partial charge in [-0.1, -0.05) is 41.9 Å². The lowest BCUT2D eigenvalue weighted by Crippen LogP contribution is -2.26. The molecule has 0 aliphatic carbocycles. The topological polar surface area (TPSA) is 44.6 Å². The van der Waals surface area contributed by atoms with Crippen molar-refractivity contribution in [2.24, 2.45) is 4.99 Å². The number of rotatable bonds is 2. The van der Waals surface area contributed by atoms with Crippen molar-refractivity contribution in [3.8, 4) is 5.75 Å². The van der Waals surface area contributed by atoms with Crippen LogP contribution in [-0.4, -0.2) is 23.4 Å². The molecule has 1 unspecified atom stereocenters. The summed E-state index contributed by atoms with van der Waals surface area (Å²) in [5.74, 6) is 0.199. The van der Waals surface area contributed by atoms with E-state index < -0.39 is 0 Å². The van der Waals surface area contributed by atoms with E-state index in [-0.39, 0.29) is 11.8 Å². The lowest BCUT2D eigenvalue weighted by Gasteiger charge is -2.15. The van der Waals surface area contributed by atoms with E-state index in [1.807, 2.05) is 36.4 Å². The van der Waals surface area contributed by atoms with Crippen LogP contribution in [0.3, 0.4) is 0 Å². The summed E-state index contributed by atoms with van der Waals surface area (Å²) >= 11 is 6.07. The summed E-state index contributed by atoms with van der Waals surface area (Å²) in [5, 5.41) is 14.1. The number of allylic oxidation sites excluding steroid dienone is 1. The first-order chi connectivity index (χ1) is 10.6. The van der Waals surface area contributed by atoms with Gasteiger partial charge in [0.25, 0.3) is 0 Å². The van der Waals surface area contributed by atoms with Crippen LogP contribution in [0.1, 0.15) is 18.1 Å². The lowest BCUT2D eigenvalue weighted by molar-refractivity contribution is 0.472. The number of nitrogens with one attached hydrogen (secondary N) is 1. The second kappa shape index (κ2) is 6.24. The molecule has 1 atom stereocenters. The van der Waals surface area contributed by atoms with Gasteiger partial charge in [-0.15, -0.1) is 0 Å². The third kappa shape index (κ3) is 3.15. The Morgan fingerprint density at radius 1 is 1.18 bits per heavy atom. The molecule has 0 radical (unpaired) electrons. The Bertz CT molecular complexity index is 738. The molecule has 1 aliphatic heterocycles. The van der Waals surface area contributed by atoms with Crippen molar-refractivity contribution in [3.63, 3.8) is 0 Å². The quantitative estimate of drug-likeness (QED) is 0.884. The molecular formula is C18H17ClN2O. The van der Waals surface area contributed by atoms with Crippen molar-refractivity contribution in [2.45, 2.75) is 13.0 Å². The van der Waals surface area contributed by atoms with Crippen molar-refractivity contribution in [1.82, 2.24) is 5.32 Å². The second-order valence-electron chi connectivity index (χ2n) is 5.36. The number of phenols is 1. The molecule has 112 valence electrons. The molecule has 0 amide bonds. The minimum atomic E-state index is 0.172. The minimum absolute atomic E-state index is 0.172. The van der Waals surface area contributed by atoms with Gasteiger partial charge in [0.15, 0.2) is 0 Å². The molecule has 3 nitrogen and oxygen atoms in total. The molecule has 1 aliphatic rings. The second-order valence-corrected chi connectivity index (χ2v) is 5.79. The molecule has 0 saturated heterocycles. The summed E-state index contributed by atoms with van der Waals surface area (Å²) in [6.45, 7) is 2.73. The zero-order valence-corrected chi connectivity index (χ0v) is 13.0. The number of nitrogens with zero attached hydrogens (tertiary/aromatic N) is 1. The molecule has 0 saturated carbocycles. The summed E-state index contributed by atoms with van der Waals surface area (Å²) in [5.41, 5.74) is 3.46. The molecule has 2 aromatic carbocycles. The molecule has 0 fully saturated rings. The Morgan fingerprint density at radius 3 is 2.73 bits per heavy atom. The van der Waals surface area contributed by atoms with Crippen LogP contribution in [0.4, 0.5) is 0 Å². The summed E-state index contributed by atoms with van der Waals surface area (Å²) in [6, 6.07) is 15.2. The smallest absolute Gasteiger partial charge is 0.124 e. The molecule has 3 rings (SSSR count). The maximum Gasteiger partial charge on any atom is 0.124 e. The van der Waals surface area contributed by atoms with E-state index in [1.54, 1.807) is 18.2 Å². The number of halogens is 1. The van der Waals surface area contributed by atoms with E-state index in [4.69, 9.17) is 11.6 Å². The van der Waals surface area contributed by atoms with Gasteiger partial charge < -0.3 is 10.4 Å². The Kier molecular flexibility index (Phi) is 4.16. The van der Waals surface area contributed by atoms with Crippen LogP contribution in [0.5, 0.6) is 5.75 Å². The number of aromatic hydroxyl groups is 1. The van der Waals surface area contributed by atoms with Crippen LogP contribution in [0.15, 0.2) is 59.6 Å². The van der Waals surface area contributed by atoms with Gasteiger partial charge >= 0.3 is 0 Å². The molecule has 0 spiro atoms. The Labute approximate surface area is 135 Å². The fourth-order valence-corrected chi connectivity index (χ4v) is 2.61. The normalized spacial score (nSPS) is 18.0. The molecule has 2 aromatic rings. The van der Waals surface area contributed by atoms with Crippen LogP contribution in [0.25, 0.3) is 5.70 Å². The van der Waals surface area contributed by atoms with Crippen LogP contribution >= 0.6 is 11.6 Å². The minimum Gasteiger partial charge on any atom is -0.507 e. The highest BCUT2D eigenvalue weighted by molar-refractivity contribution is 6.30. The molecule has 0 aromatic heterocycles. The summed E-state index contributed by atoms with van der Waals surface area (Å²) in [6.07, 6.45) is 1.96. The van der Waals surface area contributed by atoms with Crippen LogP contribution in [0.2, 0.25) is 5.02 Å². The average molecular weight is 313 g/mol. The van der Waals surface area contributed by atoms with Gasteiger partial charge in [0.05, 0.1) is 12.3 Å². The highest BCUT2D eigenvalue weighted by atomic mass is 35.5. The van der Waals surface area contributed by atoms with Gasteiger partial charge in [-0.2, -0.15) is 0 Å². The first-order valence-corrected chi connectivity index (χ1v) is 7.58. The van der Waals surface area contributed by atoms with E-state index in [1.165, 1.54) is 0 Å². The Morgan fingerprint density at radius 2 is 1.95 bits per heavy atom. The fraction of sp³-hybridized carbons (Fsp3) is 0.167. The predicted octanol–water partition coefficient (Wildman–Crippen LogP) is 3.87. The molecule has 0 bridgehead atoms. The van der Waals surface area contributed by atoms with Crippen molar-refractivity contribution in [1.29, 1.82) is 0 Å². The SMILES string of the molecule is CC1CN=C(c2ccccc2)C=C(c2cc(Cl)ccc2O)N1. The number of hydrogen-bond donors (Lipinski definition) is 2. The molecule has 2 N–H and O–H groups in total. The number of hydrogen-bond acceptors (Lipinski definition) is 3. The van der Waals surface area contributed by atoms with Crippen molar-refractivity contribution in [2.75, 3.05) is 6.54 Å². The highest BCUT2D eigenvalue weighted by Gasteiger charge is 2.15. The van der Waals surface area contributed by atoms with E-state index in [0.717, 1.165) is 17.0 Å². The van der Waals surface area contributed by atoms with Crippen LogP contribution < -0.4 is 5.32 Å². The largest absolute Gasteiger partial charge is 0.507 e. The van der Waals surface area contributed by atoms with Crippen molar-refractivity contribution in [3.05, 3.63) is 70.8 Å². The summed E-state index contributed by atoms with van der Waals surface area (Å²) in [7, 11) is 0. The maximum absolute atomic E-state index is 10.1. The standard InChI is InChI=1S/C18H17ClN2O/c1-12-11-20-16(13-5-3-2-4-6-13)10-17(21-12)15-9-14(19)7-8-18(15)22/h2-10,12,21-22H,11H2,1H3. The van der Waals surface area contributed by atoms with Gasteiger partial charge in [0.1, 0.15) is 5.75 Å². The zero-order chi connectivity index (χ0) is 15.5.